The third-order valence-corrected chi connectivity index (χ3v) is 4.44. The summed E-state index contributed by atoms with van der Waals surface area (Å²) in [6.07, 6.45) is 4.00. The Hall–Kier alpha value is -2.99. The van der Waals surface area contributed by atoms with E-state index in [1.807, 2.05) is 66.7 Å². The molecule has 0 fully saturated rings. The van der Waals surface area contributed by atoms with Gasteiger partial charge in [-0.2, -0.15) is 9.61 Å². The summed E-state index contributed by atoms with van der Waals surface area (Å²) in [5.41, 5.74) is 2.09. The average molecular weight is 334 g/mol. The summed E-state index contributed by atoms with van der Waals surface area (Å²) in [5, 5.41) is 13.9. The topological polar surface area (TPSA) is 52.3 Å². The highest BCUT2D eigenvalue weighted by atomic mass is 32.1. The number of methoxy groups -OCH3 is 1. The van der Waals surface area contributed by atoms with Gasteiger partial charge in [-0.3, -0.25) is 0 Å². The van der Waals surface area contributed by atoms with Crippen LogP contribution in [0.4, 0.5) is 0 Å². The molecule has 0 unspecified atom stereocenters. The van der Waals surface area contributed by atoms with E-state index in [1.54, 1.807) is 11.6 Å². The number of ether oxygens (including phenoxy) is 1. The minimum Gasteiger partial charge on any atom is -0.497 e. The van der Waals surface area contributed by atoms with Gasteiger partial charge in [0.2, 0.25) is 4.96 Å². The lowest BCUT2D eigenvalue weighted by Gasteiger charge is -1.98. The minimum absolute atomic E-state index is 0.756. The Kier molecular flexibility index (Phi) is 3.80. The van der Waals surface area contributed by atoms with Gasteiger partial charge < -0.3 is 4.74 Å². The van der Waals surface area contributed by atoms with Crippen LogP contribution in [-0.4, -0.2) is 26.9 Å². The van der Waals surface area contributed by atoms with Crippen molar-refractivity contribution in [1.29, 1.82) is 0 Å². The Morgan fingerprint density at radius 3 is 2.50 bits per heavy atom. The quantitative estimate of drug-likeness (QED) is 0.565. The van der Waals surface area contributed by atoms with Crippen LogP contribution in [0.25, 0.3) is 28.5 Å². The van der Waals surface area contributed by atoms with E-state index in [9.17, 15) is 0 Å². The molecule has 0 atom stereocenters. The van der Waals surface area contributed by atoms with Gasteiger partial charge in [-0.05, 0) is 23.8 Å². The van der Waals surface area contributed by atoms with Gasteiger partial charge in [0.05, 0.1) is 7.11 Å². The third-order valence-electron chi connectivity index (χ3n) is 3.57. The molecule has 0 aliphatic heterocycles. The maximum Gasteiger partial charge on any atom is 0.235 e. The Morgan fingerprint density at radius 2 is 1.75 bits per heavy atom. The summed E-state index contributed by atoms with van der Waals surface area (Å²) in [7, 11) is 1.66. The number of benzene rings is 2. The fraction of sp³-hybridized carbons (Fsp3) is 0.0556. The number of hydrogen-bond acceptors (Lipinski definition) is 5. The van der Waals surface area contributed by atoms with Gasteiger partial charge in [0, 0.05) is 5.56 Å². The fourth-order valence-corrected chi connectivity index (χ4v) is 3.09. The van der Waals surface area contributed by atoms with Crippen molar-refractivity contribution in [3.05, 3.63) is 65.2 Å². The number of rotatable bonds is 4. The molecule has 0 aliphatic carbocycles. The van der Waals surface area contributed by atoms with Crippen LogP contribution in [0, 0.1) is 0 Å². The van der Waals surface area contributed by atoms with Crippen molar-refractivity contribution in [3.8, 4) is 17.1 Å². The third kappa shape index (κ3) is 2.79. The summed E-state index contributed by atoms with van der Waals surface area (Å²) in [6.45, 7) is 0. The standard InChI is InChI=1S/C18H14N4OS/c1-23-15-10-7-13(8-11-15)9-12-16-21-22-17(19-20-18(22)24-16)14-5-3-2-4-6-14/h2-12H,1H3/b12-9-. The van der Waals surface area contributed by atoms with E-state index in [4.69, 9.17) is 4.74 Å². The van der Waals surface area contributed by atoms with E-state index in [2.05, 4.69) is 15.3 Å². The number of fused-ring (bicyclic) bond motifs is 1. The molecular weight excluding hydrogens is 320 g/mol. The van der Waals surface area contributed by atoms with Crippen LogP contribution in [-0.2, 0) is 0 Å². The lowest BCUT2D eigenvalue weighted by molar-refractivity contribution is 0.415. The van der Waals surface area contributed by atoms with Gasteiger partial charge in [0.1, 0.15) is 10.8 Å². The first kappa shape index (κ1) is 14.6. The first-order valence-corrected chi connectivity index (χ1v) is 8.25. The van der Waals surface area contributed by atoms with Crippen LogP contribution in [0.5, 0.6) is 5.75 Å². The summed E-state index contributed by atoms with van der Waals surface area (Å²) >= 11 is 1.51. The molecule has 5 nitrogen and oxygen atoms in total. The van der Waals surface area contributed by atoms with Crippen molar-refractivity contribution in [1.82, 2.24) is 19.8 Å². The highest BCUT2D eigenvalue weighted by Gasteiger charge is 2.11. The predicted molar refractivity (Wildman–Crippen MR) is 96.0 cm³/mol. The van der Waals surface area contributed by atoms with Gasteiger partial charge in [-0.1, -0.05) is 59.9 Å². The lowest BCUT2D eigenvalue weighted by atomic mass is 10.2. The van der Waals surface area contributed by atoms with E-state index >= 15 is 0 Å². The van der Waals surface area contributed by atoms with E-state index in [0.717, 1.165) is 32.7 Å². The molecule has 0 bridgehead atoms. The Balaban J connectivity index is 1.63. The highest BCUT2D eigenvalue weighted by molar-refractivity contribution is 7.17. The molecule has 6 heteroatoms. The molecule has 0 saturated carbocycles. The summed E-state index contributed by atoms with van der Waals surface area (Å²) in [6, 6.07) is 17.8. The molecule has 0 saturated heterocycles. The van der Waals surface area contributed by atoms with Crippen molar-refractivity contribution in [3.63, 3.8) is 0 Å². The molecule has 0 spiro atoms. The van der Waals surface area contributed by atoms with Crippen LogP contribution in [0.15, 0.2) is 54.6 Å². The van der Waals surface area contributed by atoms with Gasteiger partial charge in [0.25, 0.3) is 0 Å². The first-order chi connectivity index (χ1) is 11.8. The zero-order valence-electron chi connectivity index (χ0n) is 13.0. The van der Waals surface area contributed by atoms with Gasteiger partial charge in [-0.25, -0.2) is 0 Å². The largest absolute Gasteiger partial charge is 0.497 e. The average Bonchev–Trinajstić information content (AvgIpc) is 3.21. The number of aromatic nitrogens is 4. The first-order valence-electron chi connectivity index (χ1n) is 7.43. The molecule has 0 aliphatic rings. The number of nitrogens with zero attached hydrogens (tertiary/aromatic N) is 4. The second-order valence-corrected chi connectivity index (χ2v) is 6.12. The van der Waals surface area contributed by atoms with Crippen LogP contribution in [0.3, 0.4) is 0 Å². The van der Waals surface area contributed by atoms with Gasteiger partial charge in [-0.15, -0.1) is 10.2 Å². The predicted octanol–water partition coefficient (Wildman–Crippen LogP) is 4.03. The molecule has 4 aromatic rings. The summed E-state index contributed by atoms with van der Waals surface area (Å²) in [4.78, 5) is 0.781. The van der Waals surface area contributed by atoms with Gasteiger partial charge >= 0.3 is 0 Å². The molecule has 0 N–H and O–H groups in total. The maximum atomic E-state index is 5.16. The van der Waals surface area contributed by atoms with Crippen LogP contribution < -0.4 is 4.74 Å². The Labute approximate surface area is 142 Å². The molecule has 24 heavy (non-hydrogen) atoms. The van der Waals surface area contributed by atoms with E-state index in [0.29, 0.717) is 0 Å². The van der Waals surface area contributed by atoms with Crippen LogP contribution in [0.1, 0.15) is 10.6 Å². The lowest BCUT2D eigenvalue weighted by Crippen LogP contribution is -1.90. The minimum atomic E-state index is 0.756. The van der Waals surface area contributed by atoms with E-state index in [-0.39, 0.29) is 0 Å². The zero-order chi connectivity index (χ0) is 16.4. The Bertz CT molecular complexity index is 987. The van der Waals surface area contributed by atoms with Crippen molar-refractivity contribution >= 4 is 28.4 Å². The highest BCUT2D eigenvalue weighted by Crippen LogP contribution is 2.22. The van der Waals surface area contributed by atoms with Crippen LogP contribution >= 0.6 is 11.3 Å². The molecule has 118 valence electrons. The second-order valence-electron chi connectivity index (χ2n) is 5.13. The van der Waals surface area contributed by atoms with Crippen molar-refractivity contribution in [2.24, 2.45) is 0 Å². The molecule has 2 aromatic carbocycles. The molecule has 4 rings (SSSR count). The normalized spacial score (nSPS) is 11.4. The zero-order valence-corrected chi connectivity index (χ0v) is 13.8. The summed E-state index contributed by atoms with van der Waals surface area (Å²) in [5.74, 6) is 1.60. The van der Waals surface area contributed by atoms with Gasteiger partial charge in [0.15, 0.2) is 5.82 Å². The van der Waals surface area contributed by atoms with Crippen molar-refractivity contribution in [2.45, 2.75) is 0 Å². The Morgan fingerprint density at radius 1 is 0.958 bits per heavy atom. The van der Waals surface area contributed by atoms with Crippen molar-refractivity contribution < 1.29 is 4.74 Å². The SMILES string of the molecule is COc1ccc(/C=C\c2nn3c(-c4ccccc4)nnc3s2)cc1. The monoisotopic (exact) mass is 334 g/mol. The molecule has 0 amide bonds. The second kappa shape index (κ2) is 6.25. The number of hydrogen-bond donors (Lipinski definition) is 0. The molecular formula is C18H14N4OS. The van der Waals surface area contributed by atoms with Crippen LogP contribution in [0.2, 0.25) is 0 Å². The maximum absolute atomic E-state index is 5.16. The van der Waals surface area contributed by atoms with Crippen molar-refractivity contribution in [2.75, 3.05) is 7.11 Å². The molecule has 2 aromatic heterocycles. The molecule has 2 heterocycles. The van der Waals surface area contributed by atoms with E-state index < -0.39 is 0 Å². The van der Waals surface area contributed by atoms with E-state index in [1.165, 1.54) is 11.3 Å². The molecule has 0 radical (unpaired) electrons. The summed E-state index contributed by atoms with van der Waals surface area (Å²) < 4.78 is 6.95. The fourth-order valence-electron chi connectivity index (χ4n) is 2.35. The smallest absolute Gasteiger partial charge is 0.235 e.